The normalized spacial score (nSPS) is 10.8. The Kier molecular flexibility index (Phi) is 7.19. The van der Waals surface area contributed by atoms with E-state index in [2.05, 4.69) is 47.7 Å². The van der Waals surface area contributed by atoms with E-state index in [9.17, 15) is 9.59 Å². The Morgan fingerprint density at radius 3 is 2.53 bits per heavy atom. The predicted molar refractivity (Wildman–Crippen MR) is 120 cm³/mol. The number of hydrogen-bond acceptors (Lipinski definition) is 5. The molecule has 3 N–H and O–H groups in total. The molecule has 0 aliphatic heterocycles. The number of para-hydroxylation sites is 1. The van der Waals surface area contributed by atoms with E-state index in [-0.39, 0.29) is 12.3 Å². The van der Waals surface area contributed by atoms with Crippen LogP contribution in [0.1, 0.15) is 41.0 Å². The first-order chi connectivity index (χ1) is 14.4. The van der Waals surface area contributed by atoms with Crippen LogP contribution in [0.3, 0.4) is 0 Å². The van der Waals surface area contributed by atoms with Crippen molar-refractivity contribution < 1.29 is 14.7 Å². The molecule has 0 saturated carbocycles. The SMILES string of the molecule is CC(C)Cc1ccccc1NCc1ccc(C(=O)Nc2nc(CC(=O)O)cs2)cc1. The van der Waals surface area contributed by atoms with E-state index in [0.717, 1.165) is 17.7 Å². The van der Waals surface area contributed by atoms with Crippen LogP contribution in [0.25, 0.3) is 0 Å². The molecule has 0 atom stereocenters. The van der Waals surface area contributed by atoms with Gasteiger partial charge in [0, 0.05) is 23.2 Å². The van der Waals surface area contributed by atoms with Crippen molar-refractivity contribution in [2.24, 2.45) is 5.92 Å². The standard InChI is InChI=1S/C23H25N3O3S/c1-15(2)11-18-5-3-4-6-20(18)24-13-16-7-9-17(10-8-16)22(29)26-23-25-19(14-30-23)12-21(27)28/h3-10,14-15,24H,11-13H2,1-2H3,(H,27,28)(H,25,26,29). The Hall–Kier alpha value is -3.19. The number of carboxylic acids is 1. The van der Waals surface area contributed by atoms with Crippen LogP contribution in [0.2, 0.25) is 0 Å². The molecule has 1 aromatic heterocycles. The summed E-state index contributed by atoms with van der Waals surface area (Å²) in [6.45, 7) is 5.08. The third kappa shape index (κ3) is 6.15. The molecule has 156 valence electrons. The van der Waals surface area contributed by atoms with Crippen LogP contribution >= 0.6 is 11.3 Å². The van der Waals surface area contributed by atoms with Gasteiger partial charge in [-0.2, -0.15) is 0 Å². The van der Waals surface area contributed by atoms with Gasteiger partial charge in [0.1, 0.15) is 0 Å². The van der Waals surface area contributed by atoms with Gasteiger partial charge in [-0.3, -0.25) is 14.9 Å². The number of carboxylic acid groups (broad SMARTS) is 1. The zero-order chi connectivity index (χ0) is 21.5. The zero-order valence-electron chi connectivity index (χ0n) is 17.0. The number of amides is 1. The predicted octanol–water partition coefficient (Wildman–Crippen LogP) is 4.83. The molecular weight excluding hydrogens is 398 g/mol. The summed E-state index contributed by atoms with van der Waals surface area (Å²) in [7, 11) is 0. The smallest absolute Gasteiger partial charge is 0.309 e. The highest BCUT2D eigenvalue weighted by Crippen LogP contribution is 2.20. The van der Waals surface area contributed by atoms with E-state index in [1.807, 2.05) is 18.2 Å². The highest BCUT2D eigenvalue weighted by atomic mass is 32.1. The summed E-state index contributed by atoms with van der Waals surface area (Å²) in [5, 5.41) is 17.0. The van der Waals surface area contributed by atoms with Gasteiger partial charge >= 0.3 is 5.97 Å². The van der Waals surface area contributed by atoms with E-state index in [1.165, 1.54) is 16.9 Å². The summed E-state index contributed by atoms with van der Waals surface area (Å²) in [5.74, 6) is -0.633. The van der Waals surface area contributed by atoms with Gasteiger partial charge in [0.2, 0.25) is 0 Å². The molecule has 0 aliphatic carbocycles. The van der Waals surface area contributed by atoms with Crippen molar-refractivity contribution >= 4 is 34.0 Å². The summed E-state index contributed by atoms with van der Waals surface area (Å²) in [4.78, 5) is 27.3. The molecule has 3 rings (SSSR count). The van der Waals surface area contributed by atoms with Crippen molar-refractivity contribution in [2.45, 2.75) is 33.2 Å². The lowest BCUT2D eigenvalue weighted by molar-refractivity contribution is -0.136. The fraction of sp³-hybridized carbons (Fsp3) is 0.261. The molecular formula is C23H25N3O3S. The van der Waals surface area contributed by atoms with Gasteiger partial charge in [0.25, 0.3) is 5.91 Å². The molecule has 0 saturated heterocycles. The monoisotopic (exact) mass is 423 g/mol. The van der Waals surface area contributed by atoms with Gasteiger partial charge < -0.3 is 10.4 Å². The topological polar surface area (TPSA) is 91.3 Å². The lowest BCUT2D eigenvalue weighted by atomic mass is 10.0. The molecule has 3 aromatic rings. The number of carbonyl (C=O) groups is 2. The third-order valence-electron chi connectivity index (χ3n) is 4.45. The van der Waals surface area contributed by atoms with Crippen molar-refractivity contribution in [3.8, 4) is 0 Å². The first-order valence-corrected chi connectivity index (χ1v) is 10.7. The number of carbonyl (C=O) groups excluding carboxylic acids is 1. The maximum Gasteiger partial charge on any atom is 0.309 e. The quantitative estimate of drug-likeness (QED) is 0.458. The van der Waals surface area contributed by atoms with Gasteiger partial charge in [-0.25, -0.2) is 4.98 Å². The minimum absolute atomic E-state index is 0.158. The van der Waals surface area contributed by atoms with E-state index >= 15 is 0 Å². The number of rotatable bonds is 9. The molecule has 30 heavy (non-hydrogen) atoms. The average Bonchev–Trinajstić information content (AvgIpc) is 3.13. The number of aliphatic carboxylic acids is 1. The van der Waals surface area contributed by atoms with Crippen molar-refractivity contribution in [3.63, 3.8) is 0 Å². The number of benzene rings is 2. The average molecular weight is 424 g/mol. The Bertz CT molecular complexity index is 1010. The zero-order valence-corrected chi connectivity index (χ0v) is 17.8. The molecule has 0 fully saturated rings. The largest absolute Gasteiger partial charge is 0.481 e. The number of thiazole rings is 1. The number of aromatic nitrogens is 1. The van der Waals surface area contributed by atoms with Crippen molar-refractivity contribution in [1.82, 2.24) is 4.98 Å². The molecule has 0 radical (unpaired) electrons. The summed E-state index contributed by atoms with van der Waals surface area (Å²) < 4.78 is 0. The van der Waals surface area contributed by atoms with Gasteiger partial charge in [-0.05, 0) is 41.7 Å². The highest BCUT2D eigenvalue weighted by molar-refractivity contribution is 7.14. The molecule has 6 nitrogen and oxygen atoms in total. The van der Waals surface area contributed by atoms with Crippen LogP contribution in [0.4, 0.5) is 10.8 Å². The molecule has 7 heteroatoms. The lowest BCUT2D eigenvalue weighted by Gasteiger charge is -2.14. The number of hydrogen-bond donors (Lipinski definition) is 3. The Morgan fingerprint density at radius 2 is 1.83 bits per heavy atom. The molecule has 0 bridgehead atoms. The van der Waals surface area contributed by atoms with Gasteiger partial charge in [0.15, 0.2) is 5.13 Å². The number of nitrogens with zero attached hydrogens (tertiary/aromatic N) is 1. The van der Waals surface area contributed by atoms with Crippen LogP contribution in [-0.2, 0) is 24.2 Å². The Labute approximate surface area is 180 Å². The second-order valence-electron chi connectivity index (χ2n) is 7.47. The maximum absolute atomic E-state index is 12.4. The summed E-state index contributed by atoms with van der Waals surface area (Å²) in [6.07, 6.45) is 0.863. The summed E-state index contributed by atoms with van der Waals surface area (Å²) >= 11 is 1.21. The summed E-state index contributed by atoms with van der Waals surface area (Å²) in [6, 6.07) is 15.7. The molecule has 1 amide bonds. The van der Waals surface area contributed by atoms with Crippen molar-refractivity contribution in [2.75, 3.05) is 10.6 Å². The van der Waals surface area contributed by atoms with Gasteiger partial charge in [-0.15, -0.1) is 11.3 Å². The number of anilines is 2. The van der Waals surface area contributed by atoms with Crippen LogP contribution in [0.15, 0.2) is 53.9 Å². The van der Waals surface area contributed by atoms with E-state index in [4.69, 9.17) is 5.11 Å². The van der Waals surface area contributed by atoms with Crippen LogP contribution in [0.5, 0.6) is 0 Å². The molecule has 1 heterocycles. The molecule has 0 unspecified atom stereocenters. The second-order valence-corrected chi connectivity index (χ2v) is 8.33. The van der Waals surface area contributed by atoms with Crippen LogP contribution < -0.4 is 10.6 Å². The third-order valence-corrected chi connectivity index (χ3v) is 5.26. The van der Waals surface area contributed by atoms with E-state index in [1.54, 1.807) is 17.5 Å². The molecule has 0 aliphatic rings. The highest BCUT2D eigenvalue weighted by Gasteiger charge is 2.11. The minimum atomic E-state index is -0.950. The van der Waals surface area contributed by atoms with E-state index in [0.29, 0.717) is 28.9 Å². The fourth-order valence-electron chi connectivity index (χ4n) is 3.05. The van der Waals surface area contributed by atoms with Crippen LogP contribution in [0, 0.1) is 5.92 Å². The second kappa shape index (κ2) is 10.0. The number of nitrogens with one attached hydrogen (secondary N) is 2. The first-order valence-electron chi connectivity index (χ1n) is 9.79. The first kappa shape index (κ1) is 21.5. The minimum Gasteiger partial charge on any atom is -0.481 e. The van der Waals surface area contributed by atoms with E-state index < -0.39 is 5.97 Å². The van der Waals surface area contributed by atoms with Crippen molar-refractivity contribution in [1.29, 1.82) is 0 Å². The Balaban J connectivity index is 1.58. The molecule has 0 spiro atoms. The maximum atomic E-state index is 12.4. The molecule has 2 aromatic carbocycles. The fourth-order valence-corrected chi connectivity index (χ4v) is 3.76. The van der Waals surface area contributed by atoms with Crippen molar-refractivity contribution in [3.05, 3.63) is 76.3 Å². The van der Waals surface area contributed by atoms with Crippen LogP contribution in [-0.4, -0.2) is 22.0 Å². The Morgan fingerprint density at radius 1 is 1.10 bits per heavy atom. The summed E-state index contributed by atoms with van der Waals surface area (Å²) in [5.41, 5.74) is 4.46. The van der Waals surface area contributed by atoms with Gasteiger partial charge in [-0.1, -0.05) is 44.2 Å². The lowest BCUT2D eigenvalue weighted by Crippen LogP contribution is -2.12. The van der Waals surface area contributed by atoms with Gasteiger partial charge in [0.05, 0.1) is 12.1 Å².